The van der Waals surface area contributed by atoms with Crippen molar-refractivity contribution in [3.8, 4) is 0 Å². The summed E-state index contributed by atoms with van der Waals surface area (Å²) in [5, 5.41) is 10.8. The van der Waals surface area contributed by atoms with Gasteiger partial charge < -0.3 is 0 Å². The largest absolute Gasteiger partial charge is 0.281 e. The van der Waals surface area contributed by atoms with Crippen LogP contribution in [0.5, 0.6) is 0 Å². The molecule has 0 unspecified atom stereocenters. The van der Waals surface area contributed by atoms with E-state index in [9.17, 15) is 14.4 Å². The van der Waals surface area contributed by atoms with E-state index in [0.717, 1.165) is 0 Å². The van der Waals surface area contributed by atoms with Gasteiger partial charge >= 0.3 is 0 Å². The highest BCUT2D eigenvalue weighted by Gasteiger charge is 2.25. The van der Waals surface area contributed by atoms with Gasteiger partial charge in [-0.3, -0.25) is 15.0 Å². The van der Waals surface area contributed by atoms with E-state index in [1.165, 1.54) is 12.1 Å². The summed E-state index contributed by atoms with van der Waals surface area (Å²) in [5.74, 6) is -1.05. The van der Waals surface area contributed by atoms with Crippen LogP contribution in [0.15, 0.2) is 47.5 Å². The van der Waals surface area contributed by atoms with Crippen LogP contribution in [0, 0.1) is 5.82 Å². The Morgan fingerprint density at radius 2 is 1.95 bits per heavy atom. The first-order chi connectivity index (χ1) is 10.1. The molecule has 0 saturated carbocycles. The van der Waals surface area contributed by atoms with Crippen molar-refractivity contribution in [3.63, 3.8) is 0 Å². The standard InChI is InChI=1S/C15H10ClFN2O2/c16-9-5-6-13-11(7-9)15(18-8-14(20)19(13)21)10-3-1-2-4-12(10)17/h1-7,21H,8H2. The zero-order valence-electron chi connectivity index (χ0n) is 10.8. The molecule has 2 aromatic carbocycles. The number of carbonyl (C=O) groups excluding carboxylic acids is 1. The summed E-state index contributed by atoms with van der Waals surface area (Å²) >= 11 is 5.97. The van der Waals surface area contributed by atoms with Crippen LogP contribution in [0.3, 0.4) is 0 Å². The van der Waals surface area contributed by atoms with E-state index in [4.69, 9.17) is 11.6 Å². The van der Waals surface area contributed by atoms with Gasteiger partial charge in [0.15, 0.2) is 0 Å². The molecule has 1 aliphatic rings. The number of benzodiazepines with no additional fused rings is 1. The third-order valence-electron chi connectivity index (χ3n) is 3.18. The van der Waals surface area contributed by atoms with Gasteiger partial charge in [-0.25, -0.2) is 4.39 Å². The first-order valence-electron chi connectivity index (χ1n) is 6.19. The molecule has 0 aromatic heterocycles. The monoisotopic (exact) mass is 304 g/mol. The number of anilines is 1. The van der Waals surface area contributed by atoms with Gasteiger partial charge in [0, 0.05) is 16.1 Å². The SMILES string of the molecule is O=C1CN=C(c2ccccc2F)c2cc(Cl)ccc2N1O. The van der Waals surface area contributed by atoms with Gasteiger partial charge in [-0.05, 0) is 30.3 Å². The summed E-state index contributed by atoms with van der Waals surface area (Å²) in [7, 11) is 0. The molecule has 4 nitrogen and oxygen atoms in total. The minimum atomic E-state index is -0.593. The summed E-state index contributed by atoms with van der Waals surface area (Å²) < 4.78 is 14.0. The zero-order chi connectivity index (χ0) is 15.0. The number of hydroxylamine groups is 1. The predicted octanol–water partition coefficient (Wildman–Crippen LogP) is 3.05. The number of hydrogen-bond donors (Lipinski definition) is 1. The van der Waals surface area contributed by atoms with Crippen LogP contribution in [0.25, 0.3) is 0 Å². The molecule has 1 N–H and O–H groups in total. The summed E-state index contributed by atoms with van der Waals surface area (Å²) in [5.41, 5.74) is 1.17. The molecule has 0 fully saturated rings. The lowest BCUT2D eigenvalue weighted by atomic mass is 10.00. The number of halogens is 2. The predicted molar refractivity (Wildman–Crippen MR) is 77.6 cm³/mol. The molecule has 0 atom stereocenters. The topological polar surface area (TPSA) is 52.9 Å². The van der Waals surface area contributed by atoms with Crippen molar-refractivity contribution < 1.29 is 14.4 Å². The molecule has 0 saturated heterocycles. The lowest BCUT2D eigenvalue weighted by Gasteiger charge is -2.16. The molecule has 3 rings (SSSR count). The second kappa shape index (κ2) is 5.27. The van der Waals surface area contributed by atoms with Crippen molar-refractivity contribution in [1.82, 2.24) is 0 Å². The van der Waals surface area contributed by atoms with Gasteiger partial charge in [0.25, 0.3) is 5.91 Å². The summed E-state index contributed by atoms with van der Waals surface area (Å²) in [6.07, 6.45) is 0. The van der Waals surface area contributed by atoms with E-state index in [1.807, 2.05) is 0 Å². The van der Waals surface area contributed by atoms with Gasteiger partial charge in [-0.1, -0.05) is 23.7 Å². The van der Waals surface area contributed by atoms with Crippen LogP contribution < -0.4 is 5.06 Å². The molecule has 0 spiro atoms. The molecular formula is C15H10ClFN2O2. The van der Waals surface area contributed by atoms with Crippen molar-refractivity contribution >= 4 is 28.9 Å². The Bertz CT molecular complexity index is 761. The number of fused-ring (bicyclic) bond motifs is 1. The second-order valence-corrected chi connectivity index (χ2v) is 4.95. The van der Waals surface area contributed by atoms with Crippen LogP contribution >= 0.6 is 11.6 Å². The van der Waals surface area contributed by atoms with E-state index in [1.54, 1.807) is 30.3 Å². The molecule has 1 amide bonds. The Hall–Kier alpha value is -2.24. The van der Waals surface area contributed by atoms with Crippen molar-refractivity contribution in [2.45, 2.75) is 0 Å². The van der Waals surface area contributed by atoms with E-state index in [-0.39, 0.29) is 23.5 Å². The van der Waals surface area contributed by atoms with Gasteiger partial charge in [0.2, 0.25) is 0 Å². The van der Waals surface area contributed by atoms with Gasteiger partial charge in [-0.15, -0.1) is 0 Å². The lowest BCUT2D eigenvalue weighted by molar-refractivity contribution is -0.122. The number of rotatable bonds is 1. The van der Waals surface area contributed by atoms with Crippen LogP contribution in [0.1, 0.15) is 11.1 Å². The van der Waals surface area contributed by atoms with Crippen molar-refractivity contribution in [2.24, 2.45) is 4.99 Å². The second-order valence-electron chi connectivity index (χ2n) is 4.51. The quantitative estimate of drug-likeness (QED) is 0.823. The molecular weight excluding hydrogens is 295 g/mol. The molecule has 1 aliphatic heterocycles. The van der Waals surface area contributed by atoms with Crippen molar-refractivity contribution in [2.75, 3.05) is 11.6 Å². The number of nitrogens with zero attached hydrogens (tertiary/aromatic N) is 2. The highest BCUT2D eigenvalue weighted by Crippen LogP contribution is 2.29. The minimum Gasteiger partial charge on any atom is -0.281 e. The van der Waals surface area contributed by atoms with E-state index in [2.05, 4.69) is 4.99 Å². The third kappa shape index (κ3) is 2.41. The number of hydrogen-bond acceptors (Lipinski definition) is 3. The minimum absolute atomic E-state index is 0.226. The Labute approximate surface area is 125 Å². The van der Waals surface area contributed by atoms with E-state index in [0.29, 0.717) is 15.6 Å². The van der Waals surface area contributed by atoms with Crippen LogP contribution in [-0.2, 0) is 4.79 Å². The average Bonchev–Trinajstić information content (AvgIpc) is 2.59. The average molecular weight is 305 g/mol. The fraction of sp³-hybridized carbons (Fsp3) is 0.0667. The number of aliphatic imine (C=N–C) groups is 1. The zero-order valence-corrected chi connectivity index (χ0v) is 11.5. The van der Waals surface area contributed by atoms with Crippen LogP contribution in [0.2, 0.25) is 5.02 Å². The maximum atomic E-state index is 14.0. The normalized spacial score (nSPS) is 14.5. The van der Waals surface area contributed by atoms with Crippen molar-refractivity contribution in [1.29, 1.82) is 0 Å². The Morgan fingerprint density at radius 1 is 1.19 bits per heavy atom. The first-order valence-corrected chi connectivity index (χ1v) is 6.57. The smallest absolute Gasteiger partial charge is 0.272 e. The molecule has 1 heterocycles. The maximum absolute atomic E-state index is 14.0. The molecule has 0 radical (unpaired) electrons. The molecule has 2 aromatic rings. The molecule has 6 heteroatoms. The van der Waals surface area contributed by atoms with Crippen molar-refractivity contribution in [3.05, 3.63) is 64.4 Å². The Morgan fingerprint density at radius 3 is 2.71 bits per heavy atom. The summed E-state index contributed by atoms with van der Waals surface area (Å²) in [6.45, 7) is -0.271. The summed E-state index contributed by atoms with van der Waals surface area (Å²) in [4.78, 5) is 15.9. The number of amides is 1. The highest BCUT2D eigenvalue weighted by molar-refractivity contribution is 6.32. The summed E-state index contributed by atoms with van der Waals surface area (Å²) in [6, 6.07) is 10.7. The first kappa shape index (κ1) is 13.7. The van der Waals surface area contributed by atoms with E-state index >= 15 is 0 Å². The Kier molecular flexibility index (Phi) is 3.45. The van der Waals surface area contributed by atoms with Gasteiger partial charge in [-0.2, -0.15) is 5.06 Å². The lowest BCUT2D eigenvalue weighted by Crippen LogP contribution is -2.28. The molecule has 106 valence electrons. The maximum Gasteiger partial charge on any atom is 0.272 e. The highest BCUT2D eigenvalue weighted by atomic mass is 35.5. The third-order valence-corrected chi connectivity index (χ3v) is 3.41. The molecule has 0 aliphatic carbocycles. The Balaban J connectivity index is 2.26. The number of carbonyl (C=O) groups is 1. The number of benzene rings is 2. The van der Waals surface area contributed by atoms with Gasteiger partial charge in [0.1, 0.15) is 12.4 Å². The fourth-order valence-corrected chi connectivity index (χ4v) is 2.37. The molecule has 0 bridgehead atoms. The van der Waals surface area contributed by atoms with E-state index < -0.39 is 11.7 Å². The molecule has 21 heavy (non-hydrogen) atoms. The van der Waals surface area contributed by atoms with Crippen LogP contribution in [0.4, 0.5) is 10.1 Å². The van der Waals surface area contributed by atoms with Crippen LogP contribution in [-0.4, -0.2) is 23.4 Å². The fourth-order valence-electron chi connectivity index (χ4n) is 2.20. The van der Waals surface area contributed by atoms with Gasteiger partial charge in [0.05, 0.1) is 11.4 Å².